The van der Waals surface area contributed by atoms with Crippen molar-refractivity contribution in [1.82, 2.24) is 4.98 Å². The summed E-state index contributed by atoms with van der Waals surface area (Å²) < 4.78 is 5.79. The summed E-state index contributed by atoms with van der Waals surface area (Å²) in [6.45, 7) is 3.30. The third-order valence-electron chi connectivity index (χ3n) is 2.91. The number of aromatic nitrogens is 1. The van der Waals surface area contributed by atoms with Gasteiger partial charge >= 0.3 is 5.97 Å². The number of hydrogen-bond acceptors (Lipinski definition) is 5. The van der Waals surface area contributed by atoms with Crippen molar-refractivity contribution >= 4 is 38.6 Å². The van der Waals surface area contributed by atoms with Crippen LogP contribution in [0.5, 0.6) is 0 Å². The number of benzene rings is 1. The van der Waals surface area contributed by atoms with E-state index in [1.54, 1.807) is 19.9 Å². The lowest BCUT2D eigenvalue weighted by Gasteiger charge is -2.20. The number of amides is 1. The van der Waals surface area contributed by atoms with E-state index in [2.05, 4.69) is 10.3 Å². The average molecular weight is 294 g/mol. The van der Waals surface area contributed by atoms with E-state index in [0.717, 1.165) is 0 Å². The summed E-state index contributed by atoms with van der Waals surface area (Å²) in [5.74, 6) is -1.30. The van der Waals surface area contributed by atoms with Gasteiger partial charge in [0.2, 0.25) is 0 Å². The molecular formula is C13H14N2O4S. The highest BCUT2D eigenvalue weighted by Gasteiger charge is 2.27. The number of rotatable bonds is 4. The molecule has 1 aromatic carbocycles. The number of carboxylic acid groups (broad SMARTS) is 1. The molecule has 0 bridgehead atoms. The molecule has 0 aliphatic carbocycles. The Labute approximate surface area is 119 Å². The van der Waals surface area contributed by atoms with Gasteiger partial charge in [-0.15, -0.1) is 0 Å². The van der Waals surface area contributed by atoms with Crippen LogP contribution in [-0.4, -0.2) is 34.7 Å². The van der Waals surface area contributed by atoms with Gasteiger partial charge in [-0.1, -0.05) is 11.3 Å². The fraction of sp³-hybridized carbons (Fsp3) is 0.308. The third kappa shape index (κ3) is 2.78. The van der Waals surface area contributed by atoms with Gasteiger partial charge < -0.3 is 9.84 Å². The van der Waals surface area contributed by atoms with Crippen molar-refractivity contribution in [3.8, 4) is 0 Å². The van der Waals surface area contributed by atoms with Gasteiger partial charge in [-0.2, -0.15) is 0 Å². The lowest BCUT2D eigenvalue weighted by atomic mass is 10.1. The Kier molecular flexibility index (Phi) is 3.74. The first-order chi connectivity index (χ1) is 9.33. The second kappa shape index (κ2) is 5.18. The van der Waals surface area contributed by atoms with Crippen LogP contribution in [-0.2, 0) is 9.53 Å². The van der Waals surface area contributed by atoms with Crippen LogP contribution in [0.2, 0.25) is 0 Å². The van der Waals surface area contributed by atoms with Crippen LogP contribution >= 0.6 is 11.3 Å². The topological polar surface area (TPSA) is 88.5 Å². The first kappa shape index (κ1) is 14.4. The molecule has 2 N–H and O–H groups in total. The predicted molar refractivity (Wildman–Crippen MR) is 76.3 cm³/mol. The van der Waals surface area contributed by atoms with E-state index >= 15 is 0 Å². The SMILES string of the molecule is COC(C)(C)C(=O)Nc1nc2ccc(C(=O)O)cc2s1. The molecule has 0 aliphatic rings. The molecule has 0 saturated carbocycles. The number of nitrogens with one attached hydrogen (secondary N) is 1. The maximum absolute atomic E-state index is 12.0. The van der Waals surface area contributed by atoms with Crippen LogP contribution in [0.1, 0.15) is 24.2 Å². The molecule has 6 nitrogen and oxygen atoms in total. The van der Waals surface area contributed by atoms with Crippen LogP contribution < -0.4 is 5.32 Å². The Balaban J connectivity index is 2.28. The molecule has 2 aromatic rings. The number of methoxy groups -OCH3 is 1. The van der Waals surface area contributed by atoms with Crippen molar-refractivity contribution in [1.29, 1.82) is 0 Å². The second-order valence-corrected chi connectivity index (χ2v) is 5.71. The zero-order valence-corrected chi connectivity index (χ0v) is 12.1. The van der Waals surface area contributed by atoms with E-state index in [1.807, 2.05) is 0 Å². The minimum atomic E-state index is -0.994. The molecule has 0 atom stereocenters. The quantitative estimate of drug-likeness (QED) is 0.903. The molecular weight excluding hydrogens is 280 g/mol. The zero-order valence-electron chi connectivity index (χ0n) is 11.3. The van der Waals surface area contributed by atoms with Gasteiger partial charge in [0.1, 0.15) is 5.60 Å². The lowest BCUT2D eigenvalue weighted by molar-refractivity contribution is -0.133. The molecule has 0 fully saturated rings. The van der Waals surface area contributed by atoms with Gasteiger partial charge in [-0.05, 0) is 32.0 Å². The molecule has 0 spiro atoms. The summed E-state index contributed by atoms with van der Waals surface area (Å²) >= 11 is 1.22. The van der Waals surface area contributed by atoms with E-state index in [-0.39, 0.29) is 11.5 Å². The summed E-state index contributed by atoms with van der Waals surface area (Å²) in [6.07, 6.45) is 0. The number of carbonyl (C=O) groups excluding carboxylic acids is 1. The summed E-state index contributed by atoms with van der Waals surface area (Å²) in [5, 5.41) is 12.0. The minimum absolute atomic E-state index is 0.191. The average Bonchev–Trinajstić information content (AvgIpc) is 2.79. The van der Waals surface area contributed by atoms with Gasteiger partial charge in [0.25, 0.3) is 5.91 Å². The molecule has 106 valence electrons. The predicted octanol–water partition coefficient (Wildman–Crippen LogP) is 2.36. The second-order valence-electron chi connectivity index (χ2n) is 4.68. The monoisotopic (exact) mass is 294 g/mol. The molecule has 1 heterocycles. The van der Waals surface area contributed by atoms with E-state index < -0.39 is 11.6 Å². The lowest BCUT2D eigenvalue weighted by Crippen LogP contribution is -2.38. The summed E-state index contributed by atoms with van der Waals surface area (Å²) in [5.41, 5.74) is -0.119. The fourth-order valence-electron chi connectivity index (χ4n) is 1.45. The van der Waals surface area contributed by atoms with E-state index in [1.165, 1.54) is 30.6 Å². The maximum atomic E-state index is 12.0. The van der Waals surface area contributed by atoms with Crippen LogP contribution in [0.4, 0.5) is 5.13 Å². The number of ether oxygens (including phenoxy) is 1. The van der Waals surface area contributed by atoms with E-state index in [0.29, 0.717) is 15.3 Å². The summed E-state index contributed by atoms with van der Waals surface area (Å²) in [6, 6.07) is 4.63. The van der Waals surface area contributed by atoms with Gasteiger partial charge in [0.05, 0.1) is 15.8 Å². The van der Waals surface area contributed by atoms with Crippen molar-refractivity contribution in [2.24, 2.45) is 0 Å². The Hall–Kier alpha value is -1.99. The van der Waals surface area contributed by atoms with Crippen LogP contribution in [0.25, 0.3) is 10.2 Å². The number of aromatic carboxylic acids is 1. The highest BCUT2D eigenvalue weighted by Crippen LogP contribution is 2.27. The smallest absolute Gasteiger partial charge is 0.335 e. The van der Waals surface area contributed by atoms with Crippen LogP contribution in [0, 0.1) is 0 Å². The molecule has 20 heavy (non-hydrogen) atoms. The first-order valence-corrected chi connectivity index (χ1v) is 6.65. The molecule has 1 aromatic heterocycles. The zero-order chi connectivity index (χ0) is 14.9. The maximum Gasteiger partial charge on any atom is 0.335 e. The van der Waals surface area contributed by atoms with Gasteiger partial charge in [0.15, 0.2) is 5.13 Å². The number of fused-ring (bicyclic) bond motifs is 1. The Morgan fingerprint density at radius 3 is 2.70 bits per heavy atom. The van der Waals surface area contributed by atoms with Gasteiger partial charge in [0, 0.05) is 7.11 Å². The molecule has 0 saturated heterocycles. The number of carboxylic acids is 1. The van der Waals surface area contributed by atoms with Crippen LogP contribution in [0.3, 0.4) is 0 Å². The number of anilines is 1. The van der Waals surface area contributed by atoms with Crippen LogP contribution in [0.15, 0.2) is 18.2 Å². The highest BCUT2D eigenvalue weighted by molar-refractivity contribution is 7.22. The van der Waals surface area contributed by atoms with Crippen molar-refractivity contribution in [3.63, 3.8) is 0 Å². The van der Waals surface area contributed by atoms with Crippen molar-refractivity contribution in [2.75, 3.05) is 12.4 Å². The Morgan fingerprint density at radius 1 is 1.40 bits per heavy atom. The van der Waals surface area contributed by atoms with Gasteiger partial charge in [-0.25, -0.2) is 9.78 Å². The van der Waals surface area contributed by atoms with E-state index in [4.69, 9.17) is 9.84 Å². The number of hydrogen-bond donors (Lipinski definition) is 2. The molecule has 0 radical (unpaired) electrons. The standard InChI is InChI=1S/C13H14N2O4S/c1-13(2,19-3)11(18)15-12-14-8-5-4-7(10(16)17)6-9(8)20-12/h4-6H,1-3H3,(H,16,17)(H,14,15,18). The minimum Gasteiger partial charge on any atom is -0.478 e. The number of carbonyl (C=O) groups is 2. The van der Waals surface area contributed by atoms with E-state index in [9.17, 15) is 9.59 Å². The highest BCUT2D eigenvalue weighted by atomic mass is 32.1. The molecule has 1 amide bonds. The van der Waals surface area contributed by atoms with Crippen molar-refractivity contribution < 1.29 is 19.4 Å². The largest absolute Gasteiger partial charge is 0.478 e. The molecule has 2 rings (SSSR count). The molecule has 0 aliphatic heterocycles. The fourth-order valence-corrected chi connectivity index (χ4v) is 2.35. The summed E-state index contributed by atoms with van der Waals surface area (Å²) in [4.78, 5) is 27.1. The Bertz CT molecular complexity index is 678. The Morgan fingerprint density at radius 2 is 2.10 bits per heavy atom. The summed E-state index contributed by atoms with van der Waals surface area (Å²) in [7, 11) is 1.46. The first-order valence-electron chi connectivity index (χ1n) is 5.84. The number of nitrogens with zero attached hydrogens (tertiary/aromatic N) is 1. The number of thiazole rings is 1. The molecule has 0 unspecified atom stereocenters. The van der Waals surface area contributed by atoms with Gasteiger partial charge in [-0.3, -0.25) is 10.1 Å². The molecule has 7 heteroatoms. The van der Waals surface area contributed by atoms with Crippen molar-refractivity contribution in [3.05, 3.63) is 23.8 Å². The normalized spacial score (nSPS) is 11.6. The third-order valence-corrected chi connectivity index (χ3v) is 3.85. The van der Waals surface area contributed by atoms with Crippen molar-refractivity contribution in [2.45, 2.75) is 19.4 Å².